The number of nitrogens with one attached hydrogen (secondary N) is 2. The number of nitrogens with two attached hydrogens (primary N) is 3. The van der Waals surface area contributed by atoms with Crippen LogP contribution in [0, 0.1) is 0 Å². The molecule has 3 unspecified atom stereocenters. The largest absolute Gasteiger partial charge is 0.480 e. The highest BCUT2D eigenvalue weighted by Gasteiger charge is 2.37. The summed E-state index contributed by atoms with van der Waals surface area (Å²) in [7, 11) is 0. The molecule has 9 N–H and O–H groups in total. The predicted molar refractivity (Wildman–Crippen MR) is 107 cm³/mol. The molecule has 0 aromatic carbocycles. The Bertz CT molecular complexity index is 643. The van der Waals surface area contributed by atoms with Gasteiger partial charge < -0.3 is 37.8 Å². The molecular weight excluding hydrogens is 396 g/mol. The Balaban J connectivity index is 2.65. The van der Waals surface area contributed by atoms with Crippen molar-refractivity contribution in [2.24, 2.45) is 17.2 Å². The summed E-state index contributed by atoms with van der Waals surface area (Å²) >= 11 is 0. The number of aliphatic carboxylic acids is 1. The smallest absolute Gasteiger partial charge is 0.326 e. The predicted octanol–water partition coefficient (Wildman–Crippen LogP) is -2.62. The molecule has 1 rings (SSSR count). The second-order valence-corrected chi connectivity index (χ2v) is 7.26. The Hall–Kier alpha value is -2.73. The van der Waals surface area contributed by atoms with Gasteiger partial charge in [0.25, 0.3) is 0 Å². The molecule has 3 atom stereocenters. The fourth-order valence-corrected chi connectivity index (χ4v) is 3.21. The molecule has 0 saturated carbocycles. The maximum Gasteiger partial charge on any atom is 0.326 e. The number of hydrogen-bond acceptors (Lipinski definition) is 7. The van der Waals surface area contributed by atoms with E-state index < -0.39 is 54.3 Å². The van der Waals surface area contributed by atoms with Crippen LogP contribution < -0.4 is 27.8 Å². The highest BCUT2D eigenvalue weighted by atomic mass is 16.4. The third-order valence-electron chi connectivity index (χ3n) is 4.86. The van der Waals surface area contributed by atoms with E-state index in [1.807, 2.05) is 0 Å². The first kappa shape index (κ1) is 25.3. The lowest BCUT2D eigenvalue weighted by atomic mass is 10.1. The van der Waals surface area contributed by atoms with Crippen molar-refractivity contribution in [3.63, 3.8) is 0 Å². The minimum absolute atomic E-state index is 0.0741. The molecule has 1 aliphatic rings. The van der Waals surface area contributed by atoms with Gasteiger partial charge in [-0.25, -0.2) is 4.79 Å². The number of amides is 4. The third-order valence-corrected chi connectivity index (χ3v) is 4.86. The van der Waals surface area contributed by atoms with Crippen LogP contribution in [0.5, 0.6) is 0 Å². The van der Waals surface area contributed by atoms with Gasteiger partial charge in [0.2, 0.25) is 23.6 Å². The molecule has 0 spiro atoms. The maximum absolute atomic E-state index is 12.8. The summed E-state index contributed by atoms with van der Waals surface area (Å²) < 4.78 is 0. The van der Waals surface area contributed by atoms with E-state index in [-0.39, 0.29) is 19.4 Å². The molecule has 1 aliphatic heterocycles. The number of hydrogen-bond donors (Lipinski definition) is 6. The van der Waals surface area contributed by atoms with Gasteiger partial charge in [0, 0.05) is 13.0 Å². The molecule has 4 amide bonds. The third kappa shape index (κ3) is 8.33. The summed E-state index contributed by atoms with van der Waals surface area (Å²) in [6.45, 7) is 0.330. The summed E-state index contributed by atoms with van der Waals surface area (Å²) in [5, 5.41) is 14.1. The van der Waals surface area contributed by atoms with Crippen LogP contribution >= 0.6 is 0 Å². The van der Waals surface area contributed by atoms with Gasteiger partial charge in [-0.1, -0.05) is 6.42 Å². The Morgan fingerprint density at radius 2 is 1.83 bits per heavy atom. The van der Waals surface area contributed by atoms with Crippen LogP contribution in [0.2, 0.25) is 0 Å². The Morgan fingerprint density at radius 1 is 1.13 bits per heavy atom. The van der Waals surface area contributed by atoms with E-state index >= 15 is 0 Å². The summed E-state index contributed by atoms with van der Waals surface area (Å²) in [5.74, 6) is -3.55. The lowest BCUT2D eigenvalue weighted by molar-refractivity contribution is -0.149. The molecule has 1 heterocycles. The second-order valence-electron chi connectivity index (χ2n) is 7.26. The Kier molecular flexibility index (Phi) is 10.8. The van der Waals surface area contributed by atoms with Crippen LogP contribution in [0.25, 0.3) is 0 Å². The summed E-state index contributed by atoms with van der Waals surface area (Å²) in [5.41, 5.74) is 16.3. The summed E-state index contributed by atoms with van der Waals surface area (Å²) in [6.07, 6.45) is 2.44. The van der Waals surface area contributed by atoms with Crippen LogP contribution in [-0.4, -0.2) is 77.4 Å². The number of carboxylic acid groups (broad SMARTS) is 1. The van der Waals surface area contributed by atoms with Gasteiger partial charge in [0.05, 0.1) is 12.6 Å². The number of nitrogens with zero attached hydrogens (tertiary/aromatic N) is 1. The fourth-order valence-electron chi connectivity index (χ4n) is 3.21. The van der Waals surface area contributed by atoms with Crippen molar-refractivity contribution in [2.45, 2.75) is 63.1 Å². The van der Waals surface area contributed by atoms with Crippen LogP contribution in [0.1, 0.15) is 44.9 Å². The highest BCUT2D eigenvalue weighted by molar-refractivity contribution is 5.93. The molecule has 12 nitrogen and oxygen atoms in total. The Labute approximate surface area is 174 Å². The number of carbonyl (C=O) groups is 5. The van der Waals surface area contributed by atoms with E-state index in [0.29, 0.717) is 32.2 Å². The van der Waals surface area contributed by atoms with E-state index in [0.717, 1.165) is 6.42 Å². The molecular formula is C18H32N6O6. The maximum atomic E-state index is 12.8. The molecule has 0 bridgehead atoms. The molecule has 1 fully saturated rings. The van der Waals surface area contributed by atoms with Crippen molar-refractivity contribution in [3.05, 3.63) is 0 Å². The van der Waals surface area contributed by atoms with Gasteiger partial charge in [0.1, 0.15) is 12.1 Å². The number of carboxylic acids is 1. The van der Waals surface area contributed by atoms with Crippen LogP contribution in [-0.2, 0) is 24.0 Å². The van der Waals surface area contributed by atoms with Crippen LogP contribution in [0.3, 0.4) is 0 Å². The molecule has 12 heteroatoms. The molecule has 0 aromatic rings. The number of carbonyl (C=O) groups excluding carboxylic acids is 4. The highest BCUT2D eigenvalue weighted by Crippen LogP contribution is 2.19. The van der Waals surface area contributed by atoms with E-state index in [1.54, 1.807) is 0 Å². The van der Waals surface area contributed by atoms with Gasteiger partial charge in [-0.3, -0.25) is 19.2 Å². The molecule has 0 aliphatic carbocycles. The molecule has 1 saturated heterocycles. The number of primary amides is 1. The minimum Gasteiger partial charge on any atom is -0.480 e. The Morgan fingerprint density at radius 3 is 2.43 bits per heavy atom. The van der Waals surface area contributed by atoms with Crippen LogP contribution in [0.15, 0.2) is 0 Å². The zero-order valence-corrected chi connectivity index (χ0v) is 17.0. The summed E-state index contributed by atoms with van der Waals surface area (Å²) in [6, 6.07) is -2.88. The molecule has 170 valence electrons. The first-order valence-corrected chi connectivity index (χ1v) is 10.0. The number of rotatable bonds is 13. The fraction of sp³-hybridized carbons (Fsp3) is 0.722. The van der Waals surface area contributed by atoms with Gasteiger partial charge in [0.15, 0.2) is 0 Å². The van der Waals surface area contributed by atoms with Gasteiger partial charge >= 0.3 is 5.97 Å². The molecule has 0 aromatic heterocycles. The topological polar surface area (TPSA) is 211 Å². The van der Waals surface area contributed by atoms with Crippen molar-refractivity contribution in [1.82, 2.24) is 15.5 Å². The number of likely N-dealkylation sites (tertiary alicyclic amines) is 1. The lowest BCUT2D eigenvalue weighted by Crippen LogP contribution is -2.54. The van der Waals surface area contributed by atoms with Crippen molar-refractivity contribution in [2.75, 3.05) is 19.6 Å². The number of unbranched alkanes of at least 4 members (excludes halogenated alkanes) is 1. The molecule has 0 radical (unpaired) electrons. The van der Waals surface area contributed by atoms with Crippen molar-refractivity contribution in [3.8, 4) is 0 Å². The standard InChI is InChI=1S/C18H32N6O6/c19-8-2-1-4-11(20)16(27)22-10-15(26)23-12(6-7-14(21)25)17(28)24-9-3-5-13(24)18(29)30/h11-13H,1-10,19-20H2,(H2,21,25)(H,22,27)(H,23,26)(H,29,30). The van der Waals surface area contributed by atoms with Gasteiger partial charge in [-0.05, 0) is 38.6 Å². The van der Waals surface area contributed by atoms with Gasteiger partial charge in [-0.2, -0.15) is 0 Å². The minimum atomic E-state index is -1.13. The van der Waals surface area contributed by atoms with Crippen molar-refractivity contribution in [1.29, 1.82) is 0 Å². The zero-order valence-electron chi connectivity index (χ0n) is 17.0. The SMILES string of the molecule is NCCCCC(N)C(=O)NCC(=O)NC(CCC(N)=O)C(=O)N1CCCC1C(=O)O. The monoisotopic (exact) mass is 428 g/mol. The van der Waals surface area contributed by atoms with Crippen molar-refractivity contribution < 1.29 is 29.1 Å². The van der Waals surface area contributed by atoms with Gasteiger partial charge in [-0.15, -0.1) is 0 Å². The molecule has 30 heavy (non-hydrogen) atoms. The van der Waals surface area contributed by atoms with E-state index in [9.17, 15) is 29.1 Å². The lowest BCUT2D eigenvalue weighted by Gasteiger charge is -2.27. The first-order chi connectivity index (χ1) is 14.2. The quantitative estimate of drug-likeness (QED) is 0.171. The van der Waals surface area contributed by atoms with E-state index in [2.05, 4.69) is 10.6 Å². The van der Waals surface area contributed by atoms with E-state index in [4.69, 9.17) is 17.2 Å². The van der Waals surface area contributed by atoms with Crippen LogP contribution in [0.4, 0.5) is 0 Å². The summed E-state index contributed by atoms with van der Waals surface area (Å²) in [4.78, 5) is 60.6. The first-order valence-electron chi connectivity index (χ1n) is 10.0. The average Bonchev–Trinajstić information content (AvgIpc) is 3.18. The van der Waals surface area contributed by atoms with E-state index in [1.165, 1.54) is 4.90 Å². The van der Waals surface area contributed by atoms with Crippen molar-refractivity contribution >= 4 is 29.6 Å². The zero-order chi connectivity index (χ0) is 22.7. The average molecular weight is 428 g/mol. The second kappa shape index (κ2) is 12.8. The normalized spacial score (nSPS) is 17.8.